The number of benzene rings is 3. The Morgan fingerprint density at radius 1 is 0.900 bits per heavy atom. The molecule has 0 saturated heterocycles. The van der Waals surface area contributed by atoms with Crippen LogP contribution in [0.5, 0.6) is 0 Å². The van der Waals surface area contributed by atoms with Crippen molar-refractivity contribution in [1.82, 2.24) is 5.32 Å². The first-order chi connectivity index (χ1) is 14.4. The van der Waals surface area contributed by atoms with Gasteiger partial charge >= 0.3 is 5.97 Å². The Balaban J connectivity index is 1.94. The number of esters is 1. The van der Waals surface area contributed by atoms with Gasteiger partial charge in [0.1, 0.15) is 6.04 Å². The predicted octanol–water partition coefficient (Wildman–Crippen LogP) is 4.66. The lowest BCUT2D eigenvalue weighted by Gasteiger charge is -2.31. The van der Waals surface area contributed by atoms with E-state index in [1.54, 1.807) is 0 Å². The molecule has 3 rings (SSSR count). The van der Waals surface area contributed by atoms with E-state index in [0.29, 0.717) is 6.42 Å². The van der Waals surface area contributed by atoms with Gasteiger partial charge in [0.05, 0.1) is 12.5 Å². The van der Waals surface area contributed by atoms with E-state index in [1.165, 1.54) is 7.11 Å². The van der Waals surface area contributed by atoms with Crippen molar-refractivity contribution in [1.29, 1.82) is 0 Å². The summed E-state index contributed by atoms with van der Waals surface area (Å²) in [7, 11) is 1.33. The number of ether oxygens (including phenoxy) is 1. The SMILES string of the molecule is COC(=O)[C@H](Cc1ccc(Br)cc1)NC(=O)C(C)(c1ccccc1)c1ccccc1. The lowest BCUT2D eigenvalue weighted by molar-refractivity contribution is -0.145. The molecule has 0 aliphatic heterocycles. The van der Waals surface area contributed by atoms with Gasteiger partial charge in [0.25, 0.3) is 0 Å². The van der Waals surface area contributed by atoms with Gasteiger partial charge in [-0.15, -0.1) is 0 Å². The molecule has 3 aromatic rings. The molecule has 1 N–H and O–H groups in total. The zero-order valence-electron chi connectivity index (χ0n) is 17.0. The van der Waals surface area contributed by atoms with Crippen LogP contribution in [0.4, 0.5) is 0 Å². The van der Waals surface area contributed by atoms with Crippen LogP contribution in [0.3, 0.4) is 0 Å². The average molecular weight is 466 g/mol. The molecule has 154 valence electrons. The van der Waals surface area contributed by atoms with Crippen LogP contribution in [0, 0.1) is 0 Å². The van der Waals surface area contributed by atoms with Crippen LogP contribution in [0.15, 0.2) is 89.4 Å². The summed E-state index contributed by atoms with van der Waals surface area (Å²) < 4.78 is 5.92. The number of halogens is 1. The highest BCUT2D eigenvalue weighted by atomic mass is 79.9. The zero-order valence-corrected chi connectivity index (χ0v) is 18.6. The molecular weight excluding hydrogens is 442 g/mol. The van der Waals surface area contributed by atoms with E-state index >= 15 is 0 Å². The van der Waals surface area contributed by atoms with Crippen molar-refractivity contribution in [3.63, 3.8) is 0 Å². The summed E-state index contributed by atoms with van der Waals surface area (Å²) in [6, 6.07) is 26.0. The Morgan fingerprint density at radius 2 is 1.40 bits per heavy atom. The molecule has 30 heavy (non-hydrogen) atoms. The second-order valence-electron chi connectivity index (χ2n) is 7.24. The fraction of sp³-hybridized carbons (Fsp3) is 0.200. The van der Waals surface area contributed by atoms with Crippen LogP contribution in [0.25, 0.3) is 0 Å². The van der Waals surface area contributed by atoms with E-state index in [1.807, 2.05) is 91.9 Å². The van der Waals surface area contributed by atoms with Crippen LogP contribution in [-0.2, 0) is 26.2 Å². The average Bonchev–Trinajstić information content (AvgIpc) is 2.80. The van der Waals surface area contributed by atoms with Crippen molar-refractivity contribution >= 4 is 27.8 Å². The molecule has 0 spiro atoms. The van der Waals surface area contributed by atoms with E-state index in [-0.39, 0.29) is 5.91 Å². The van der Waals surface area contributed by atoms with Crippen LogP contribution < -0.4 is 5.32 Å². The van der Waals surface area contributed by atoms with Crippen LogP contribution in [0.2, 0.25) is 0 Å². The van der Waals surface area contributed by atoms with E-state index in [4.69, 9.17) is 4.74 Å². The number of hydrogen-bond donors (Lipinski definition) is 1. The Morgan fingerprint density at radius 3 is 1.87 bits per heavy atom. The number of carbonyl (C=O) groups excluding carboxylic acids is 2. The van der Waals surface area contributed by atoms with Crippen molar-refractivity contribution < 1.29 is 14.3 Å². The maximum Gasteiger partial charge on any atom is 0.328 e. The molecule has 3 aromatic carbocycles. The molecule has 0 radical (unpaired) electrons. The number of hydrogen-bond acceptors (Lipinski definition) is 3. The second-order valence-corrected chi connectivity index (χ2v) is 8.15. The second kappa shape index (κ2) is 9.72. The molecule has 0 bridgehead atoms. The Hall–Kier alpha value is -2.92. The van der Waals surface area contributed by atoms with Gasteiger partial charge in [0.2, 0.25) is 5.91 Å². The first-order valence-corrected chi connectivity index (χ1v) is 10.5. The lowest BCUT2D eigenvalue weighted by Crippen LogP contribution is -2.51. The first kappa shape index (κ1) is 21.8. The molecule has 0 aliphatic rings. The topological polar surface area (TPSA) is 55.4 Å². The molecule has 1 amide bonds. The molecule has 0 aromatic heterocycles. The number of rotatable bonds is 7. The van der Waals surface area contributed by atoms with Crippen LogP contribution in [0.1, 0.15) is 23.6 Å². The van der Waals surface area contributed by atoms with Gasteiger partial charge in [-0.05, 0) is 35.7 Å². The number of methoxy groups -OCH3 is 1. The number of nitrogens with one attached hydrogen (secondary N) is 1. The molecule has 0 saturated carbocycles. The quantitative estimate of drug-likeness (QED) is 0.516. The molecule has 0 unspecified atom stereocenters. The normalized spacial score (nSPS) is 12.1. The smallest absolute Gasteiger partial charge is 0.328 e. The molecular formula is C25H24BrNO3. The highest BCUT2D eigenvalue weighted by Gasteiger charge is 2.39. The zero-order chi connectivity index (χ0) is 21.6. The summed E-state index contributed by atoms with van der Waals surface area (Å²) >= 11 is 3.41. The Labute approximate surface area is 185 Å². The van der Waals surface area contributed by atoms with Gasteiger partial charge < -0.3 is 10.1 Å². The maximum atomic E-state index is 13.6. The van der Waals surface area contributed by atoms with Crippen molar-refractivity contribution in [2.75, 3.05) is 7.11 Å². The van der Waals surface area contributed by atoms with Gasteiger partial charge in [-0.1, -0.05) is 88.7 Å². The maximum absolute atomic E-state index is 13.6. The molecule has 1 atom stereocenters. The third kappa shape index (κ3) is 4.79. The standard InChI is InChI=1S/C25H24BrNO3/c1-25(19-9-5-3-6-10-19,20-11-7-4-8-12-20)24(29)27-22(23(28)30-2)17-18-13-15-21(26)16-14-18/h3-16,22H,17H2,1-2H3,(H,27,29)/t22-/m0/s1. The summed E-state index contributed by atoms with van der Waals surface area (Å²) in [6.45, 7) is 1.88. The third-order valence-corrected chi connectivity index (χ3v) is 5.83. The highest BCUT2D eigenvalue weighted by Crippen LogP contribution is 2.32. The fourth-order valence-corrected chi connectivity index (χ4v) is 3.73. The van der Waals surface area contributed by atoms with Crippen molar-refractivity contribution in [2.24, 2.45) is 0 Å². The monoisotopic (exact) mass is 465 g/mol. The van der Waals surface area contributed by atoms with E-state index in [9.17, 15) is 9.59 Å². The van der Waals surface area contributed by atoms with Crippen LogP contribution in [-0.4, -0.2) is 25.0 Å². The fourth-order valence-electron chi connectivity index (χ4n) is 3.47. The van der Waals surface area contributed by atoms with Gasteiger partial charge in [-0.2, -0.15) is 0 Å². The summed E-state index contributed by atoms with van der Waals surface area (Å²) in [5.74, 6) is -0.734. The minimum absolute atomic E-state index is 0.257. The van der Waals surface area contributed by atoms with E-state index in [0.717, 1.165) is 21.2 Å². The van der Waals surface area contributed by atoms with Gasteiger partial charge in [0.15, 0.2) is 0 Å². The molecule has 5 heteroatoms. The lowest BCUT2D eigenvalue weighted by atomic mass is 9.75. The minimum atomic E-state index is -0.964. The summed E-state index contributed by atoms with van der Waals surface area (Å²) in [4.78, 5) is 26.1. The molecule has 4 nitrogen and oxygen atoms in total. The Bertz CT molecular complexity index is 948. The summed E-state index contributed by atoms with van der Waals surface area (Å²) in [5.41, 5.74) is 1.66. The van der Waals surface area contributed by atoms with E-state index in [2.05, 4.69) is 21.2 Å². The highest BCUT2D eigenvalue weighted by molar-refractivity contribution is 9.10. The molecule has 0 heterocycles. The number of amides is 1. The van der Waals surface area contributed by atoms with Crippen molar-refractivity contribution in [3.8, 4) is 0 Å². The third-order valence-electron chi connectivity index (χ3n) is 5.30. The largest absolute Gasteiger partial charge is 0.467 e. The van der Waals surface area contributed by atoms with Gasteiger partial charge in [-0.3, -0.25) is 4.79 Å². The summed E-state index contributed by atoms with van der Waals surface area (Å²) in [6.07, 6.45) is 0.339. The molecule has 0 aliphatic carbocycles. The molecule has 0 fully saturated rings. The number of carbonyl (C=O) groups is 2. The summed E-state index contributed by atoms with van der Waals surface area (Å²) in [5, 5.41) is 2.94. The Kier molecular flexibility index (Phi) is 7.06. The predicted molar refractivity (Wildman–Crippen MR) is 121 cm³/mol. The van der Waals surface area contributed by atoms with E-state index < -0.39 is 17.4 Å². The van der Waals surface area contributed by atoms with Crippen LogP contribution >= 0.6 is 15.9 Å². The van der Waals surface area contributed by atoms with Crippen molar-refractivity contribution in [2.45, 2.75) is 24.8 Å². The van der Waals surface area contributed by atoms with Crippen molar-refractivity contribution in [3.05, 3.63) is 106 Å². The van der Waals surface area contributed by atoms with Gasteiger partial charge in [-0.25, -0.2) is 4.79 Å². The first-order valence-electron chi connectivity index (χ1n) is 9.69. The minimum Gasteiger partial charge on any atom is -0.467 e. The van der Waals surface area contributed by atoms with Gasteiger partial charge in [0, 0.05) is 10.9 Å².